The van der Waals surface area contributed by atoms with Gasteiger partial charge < -0.3 is 10.2 Å². The predicted molar refractivity (Wildman–Crippen MR) is 80.6 cm³/mol. The number of hydrogen-bond acceptors (Lipinski definition) is 2. The molecule has 1 amide bonds. The second-order valence-electron chi connectivity index (χ2n) is 5.54. The summed E-state index contributed by atoms with van der Waals surface area (Å²) < 4.78 is 0. The van der Waals surface area contributed by atoms with E-state index in [1.165, 1.54) is 12.1 Å². The summed E-state index contributed by atoms with van der Waals surface area (Å²) in [4.78, 5) is 14.2. The molecule has 1 N–H and O–H groups in total. The molecule has 1 saturated carbocycles. The number of carbonyl (C=O) groups excluding carboxylic acids is 1. The number of rotatable bonds is 5. The molecule has 0 aliphatic heterocycles. The summed E-state index contributed by atoms with van der Waals surface area (Å²) in [6.07, 6.45) is 3.28. The summed E-state index contributed by atoms with van der Waals surface area (Å²) in [5.41, 5.74) is 2.11. The first-order valence-corrected chi connectivity index (χ1v) is 7.29. The molecule has 1 aliphatic rings. The Hall–Kier alpha value is -1.51. The van der Waals surface area contributed by atoms with Crippen LogP contribution in [0.25, 0.3) is 0 Å². The quantitative estimate of drug-likeness (QED) is 0.876. The Labute approximate surface area is 116 Å². The van der Waals surface area contributed by atoms with Gasteiger partial charge in [0.2, 0.25) is 5.91 Å². The van der Waals surface area contributed by atoms with Crippen LogP contribution in [0.2, 0.25) is 0 Å². The Balaban J connectivity index is 1.99. The van der Waals surface area contributed by atoms with Crippen molar-refractivity contribution in [3.63, 3.8) is 0 Å². The molecule has 0 atom stereocenters. The van der Waals surface area contributed by atoms with E-state index >= 15 is 0 Å². The Morgan fingerprint density at radius 2 is 1.95 bits per heavy atom. The van der Waals surface area contributed by atoms with Gasteiger partial charge in [-0.2, -0.15) is 0 Å². The fraction of sp³-hybridized carbons (Fsp3) is 0.562. The second-order valence-corrected chi connectivity index (χ2v) is 5.54. The van der Waals surface area contributed by atoms with Crippen molar-refractivity contribution in [1.29, 1.82) is 0 Å². The summed E-state index contributed by atoms with van der Waals surface area (Å²) in [5, 5.41) is 3.00. The summed E-state index contributed by atoms with van der Waals surface area (Å²) >= 11 is 0. The van der Waals surface area contributed by atoms with Gasteiger partial charge in [-0.1, -0.05) is 6.42 Å². The van der Waals surface area contributed by atoms with Crippen molar-refractivity contribution in [2.75, 3.05) is 16.8 Å². The van der Waals surface area contributed by atoms with E-state index in [0.717, 1.165) is 25.1 Å². The maximum absolute atomic E-state index is 11.9. The molecule has 1 aromatic rings. The fourth-order valence-corrected chi connectivity index (χ4v) is 2.50. The first-order valence-electron chi connectivity index (χ1n) is 7.29. The predicted octanol–water partition coefficient (Wildman–Crippen LogP) is 3.66. The number of carbonyl (C=O) groups is 1. The minimum atomic E-state index is 0.176. The van der Waals surface area contributed by atoms with E-state index < -0.39 is 0 Å². The van der Waals surface area contributed by atoms with Crippen LogP contribution >= 0.6 is 0 Å². The number of hydrogen-bond donors (Lipinski definition) is 1. The highest BCUT2D eigenvalue weighted by atomic mass is 16.1. The fourth-order valence-electron chi connectivity index (χ4n) is 2.50. The van der Waals surface area contributed by atoms with Crippen LogP contribution in [-0.4, -0.2) is 18.5 Å². The molecule has 19 heavy (non-hydrogen) atoms. The smallest absolute Gasteiger partial charge is 0.227 e. The van der Waals surface area contributed by atoms with Gasteiger partial charge >= 0.3 is 0 Å². The van der Waals surface area contributed by atoms with Crippen LogP contribution in [0.1, 0.15) is 40.0 Å². The molecule has 0 radical (unpaired) electrons. The highest BCUT2D eigenvalue weighted by Crippen LogP contribution is 2.28. The van der Waals surface area contributed by atoms with E-state index in [9.17, 15) is 4.79 Å². The minimum Gasteiger partial charge on any atom is -0.369 e. The Kier molecular flexibility index (Phi) is 4.46. The van der Waals surface area contributed by atoms with Crippen molar-refractivity contribution >= 4 is 17.3 Å². The summed E-state index contributed by atoms with van der Waals surface area (Å²) in [5.74, 6) is 0.415. The molecule has 0 bridgehead atoms. The lowest BCUT2D eigenvalue weighted by Crippen LogP contribution is -2.30. The first kappa shape index (κ1) is 13.9. The number of benzene rings is 1. The van der Waals surface area contributed by atoms with Crippen molar-refractivity contribution in [2.24, 2.45) is 5.92 Å². The average Bonchev–Trinajstić information content (AvgIpc) is 2.29. The molecule has 0 unspecified atom stereocenters. The normalized spacial score (nSPS) is 15.2. The van der Waals surface area contributed by atoms with Gasteiger partial charge in [-0.25, -0.2) is 0 Å². The number of anilines is 2. The van der Waals surface area contributed by atoms with Gasteiger partial charge in [0.05, 0.1) is 0 Å². The molecule has 3 heteroatoms. The largest absolute Gasteiger partial charge is 0.369 e. The zero-order valence-electron chi connectivity index (χ0n) is 12.1. The van der Waals surface area contributed by atoms with E-state index in [1.54, 1.807) is 0 Å². The molecular weight excluding hydrogens is 236 g/mol. The van der Waals surface area contributed by atoms with Gasteiger partial charge in [-0.05, 0) is 57.9 Å². The third-order valence-electron chi connectivity index (χ3n) is 3.91. The molecule has 0 spiro atoms. The third kappa shape index (κ3) is 3.28. The monoisotopic (exact) mass is 260 g/mol. The topological polar surface area (TPSA) is 32.3 Å². The lowest BCUT2D eigenvalue weighted by molar-refractivity contribution is -0.122. The molecule has 3 nitrogen and oxygen atoms in total. The van der Waals surface area contributed by atoms with Crippen molar-refractivity contribution < 1.29 is 4.79 Å². The Morgan fingerprint density at radius 1 is 1.32 bits per heavy atom. The third-order valence-corrected chi connectivity index (χ3v) is 3.91. The SMILES string of the molecule is CCN(c1ccc(NC(=O)C2CCC2)cc1)C(C)C. The lowest BCUT2D eigenvalue weighted by Gasteiger charge is -2.28. The van der Waals surface area contributed by atoms with Crippen molar-refractivity contribution in [3.05, 3.63) is 24.3 Å². The summed E-state index contributed by atoms with van der Waals surface area (Å²) in [6.45, 7) is 7.53. The lowest BCUT2D eigenvalue weighted by atomic mass is 9.85. The maximum Gasteiger partial charge on any atom is 0.227 e. The maximum atomic E-state index is 11.9. The number of amides is 1. The molecule has 1 aromatic carbocycles. The average molecular weight is 260 g/mol. The van der Waals surface area contributed by atoms with Crippen LogP contribution in [-0.2, 0) is 4.79 Å². The summed E-state index contributed by atoms with van der Waals surface area (Å²) in [6, 6.07) is 8.65. The molecular formula is C16H24N2O. The van der Waals surface area contributed by atoms with Gasteiger partial charge in [-0.15, -0.1) is 0 Å². The zero-order valence-corrected chi connectivity index (χ0v) is 12.1. The van der Waals surface area contributed by atoms with Gasteiger partial charge in [0.25, 0.3) is 0 Å². The summed E-state index contributed by atoms with van der Waals surface area (Å²) in [7, 11) is 0. The van der Waals surface area contributed by atoms with Gasteiger partial charge in [0, 0.05) is 29.9 Å². The first-order chi connectivity index (χ1) is 9.11. The van der Waals surface area contributed by atoms with Gasteiger partial charge in [0.1, 0.15) is 0 Å². The highest BCUT2D eigenvalue weighted by molar-refractivity contribution is 5.93. The Morgan fingerprint density at radius 3 is 2.37 bits per heavy atom. The Bertz CT molecular complexity index is 421. The van der Waals surface area contributed by atoms with Crippen molar-refractivity contribution in [3.8, 4) is 0 Å². The molecule has 104 valence electrons. The molecule has 1 aliphatic carbocycles. The molecule has 0 heterocycles. The molecule has 0 aromatic heterocycles. The van der Waals surface area contributed by atoms with Crippen molar-refractivity contribution in [1.82, 2.24) is 0 Å². The minimum absolute atomic E-state index is 0.176. The van der Waals surface area contributed by atoms with E-state index in [0.29, 0.717) is 6.04 Å². The van der Waals surface area contributed by atoms with Crippen LogP contribution in [0.5, 0.6) is 0 Å². The standard InChI is InChI=1S/C16H24N2O/c1-4-18(12(2)3)15-10-8-14(9-11-15)17-16(19)13-6-5-7-13/h8-13H,4-7H2,1-3H3,(H,17,19). The van der Waals surface area contributed by atoms with Crippen LogP contribution in [0.4, 0.5) is 11.4 Å². The number of nitrogens with one attached hydrogen (secondary N) is 1. The van der Waals surface area contributed by atoms with E-state index in [4.69, 9.17) is 0 Å². The van der Waals surface area contributed by atoms with Crippen molar-refractivity contribution in [2.45, 2.75) is 46.1 Å². The number of nitrogens with zero attached hydrogens (tertiary/aromatic N) is 1. The van der Waals surface area contributed by atoms with Crippen LogP contribution < -0.4 is 10.2 Å². The van der Waals surface area contributed by atoms with Gasteiger partial charge in [-0.3, -0.25) is 4.79 Å². The second kappa shape index (κ2) is 6.09. The van der Waals surface area contributed by atoms with Gasteiger partial charge in [0.15, 0.2) is 0 Å². The highest BCUT2D eigenvalue weighted by Gasteiger charge is 2.25. The van der Waals surface area contributed by atoms with E-state index in [-0.39, 0.29) is 11.8 Å². The molecule has 1 fully saturated rings. The van der Waals surface area contributed by atoms with E-state index in [2.05, 4.69) is 43.1 Å². The zero-order chi connectivity index (χ0) is 13.8. The molecule has 0 saturated heterocycles. The van der Waals surface area contributed by atoms with Crippen LogP contribution in [0, 0.1) is 5.92 Å². The molecule has 2 rings (SSSR count). The van der Waals surface area contributed by atoms with Crippen LogP contribution in [0.3, 0.4) is 0 Å². The van der Waals surface area contributed by atoms with Crippen LogP contribution in [0.15, 0.2) is 24.3 Å². The van der Waals surface area contributed by atoms with E-state index in [1.807, 2.05) is 12.1 Å².